The van der Waals surface area contributed by atoms with Crippen molar-refractivity contribution in [3.63, 3.8) is 0 Å². The van der Waals surface area contributed by atoms with E-state index in [1.165, 1.54) is 6.08 Å². The fourth-order valence-electron chi connectivity index (χ4n) is 4.11. The Morgan fingerprint density at radius 1 is 1.07 bits per heavy atom. The molecule has 1 aromatic carbocycles. The van der Waals surface area contributed by atoms with E-state index in [2.05, 4.69) is 6.92 Å². The SMILES string of the molecule is CCCCCCOc1ccc(C2CCC(CCC=C(F)CCF)CC2)c(F)c1F. The summed E-state index contributed by atoms with van der Waals surface area (Å²) >= 11 is 0. The Bertz CT molecular complexity index is 636. The fraction of sp³-hybridized carbons (Fsp3) is 0.667. The van der Waals surface area contributed by atoms with Crippen molar-refractivity contribution < 1.29 is 22.3 Å². The van der Waals surface area contributed by atoms with Crippen molar-refractivity contribution in [3.05, 3.63) is 41.2 Å². The van der Waals surface area contributed by atoms with Crippen LogP contribution >= 0.6 is 0 Å². The van der Waals surface area contributed by atoms with Gasteiger partial charge in [0.25, 0.3) is 0 Å². The van der Waals surface area contributed by atoms with Gasteiger partial charge in [-0.05, 0) is 68.4 Å². The lowest BCUT2D eigenvalue weighted by Gasteiger charge is -2.29. The minimum Gasteiger partial charge on any atom is -0.490 e. The van der Waals surface area contributed by atoms with E-state index in [1.807, 2.05) is 0 Å². The molecule has 0 N–H and O–H groups in total. The predicted octanol–water partition coefficient (Wildman–Crippen LogP) is 8.19. The van der Waals surface area contributed by atoms with Gasteiger partial charge in [-0.25, -0.2) is 8.78 Å². The number of rotatable bonds is 12. The van der Waals surface area contributed by atoms with Gasteiger partial charge in [-0.15, -0.1) is 0 Å². The summed E-state index contributed by atoms with van der Waals surface area (Å²) in [5.41, 5.74) is 0.438. The van der Waals surface area contributed by atoms with Crippen LogP contribution in [0, 0.1) is 17.6 Å². The second-order valence-corrected chi connectivity index (χ2v) is 8.07. The van der Waals surface area contributed by atoms with Crippen LogP contribution in [0.25, 0.3) is 0 Å². The number of halogens is 4. The third-order valence-electron chi connectivity index (χ3n) is 5.89. The number of hydrogen-bond donors (Lipinski definition) is 0. The smallest absolute Gasteiger partial charge is 0.200 e. The Morgan fingerprint density at radius 2 is 1.83 bits per heavy atom. The minimum absolute atomic E-state index is 0.00136. The van der Waals surface area contributed by atoms with Crippen molar-refractivity contribution >= 4 is 0 Å². The number of allylic oxidation sites excluding steroid dienone is 2. The monoisotopic (exact) mass is 414 g/mol. The van der Waals surface area contributed by atoms with Gasteiger partial charge in [-0.1, -0.05) is 38.3 Å². The Labute approximate surface area is 172 Å². The second kappa shape index (κ2) is 12.9. The van der Waals surface area contributed by atoms with Gasteiger partial charge in [0.1, 0.15) is 0 Å². The maximum atomic E-state index is 14.6. The maximum Gasteiger partial charge on any atom is 0.200 e. The van der Waals surface area contributed by atoms with Crippen molar-refractivity contribution in [2.75, 3.05) is 13.3 Å². The first-order valence-corrected chi connectivity index (χ1v) is 11.1. The molecule has 1 nitrogen and oxygen atoms in total. The van der Waals surface area contributed by atoms with Gasteiger partial charge < -0.3 is 4.74 Å². The van der Waals surface area contributed by atoms with Gasteiger partial charge in [-0.3, -0.25) is 4.39 Å². The third kappa shape index (κ3) is 7.67. The molecule has 1 aliphatic rings. The van der Waals surface area contributed by atoms with E-state index >= 15 is 0 Å². The van der Waals surface area contributed by atoms with Gasteiger partial charge in [-0.2, -0.15) is 4.39 Å². The second-order valence-electron chi connectivity index (χ2n) is 8.07. The van der Waals surface area contributed by atoms with Crippen LogP contribution in [0.15, 0.2) is 24.0 Å². The van der Waals surface area contributed by atoms with Gasteiger partial charge in [0.15, 0.2) is 11.6 Å². The molecule has 0 radical (unpaired) electrons. The highest BCUT2D eigenvalue weighted by Crippen LogP contribution is 2.40. The molecule has 0 aliphatic heterocycles. The van der Waals surface area contributed by atoms with Crippen molar-refractivity contribution in [2.24, 2.45) is 5.92 Å². The molecular formula is C24H34F4O. The van der Waals surface area contributed by atoms with Crippen LogP contribution in [-0.2, 0) is 0 Å². The minimum atomic E-state index is -0.881. The largest absolute Gasteiger partial charge is 0.490 e. The molecule has 0 aromatic heterocycles. The zero-order valence-electron chi connectivity index (χ0n) is 17.5. The van der Waals surface area contributed by atoms with E-state index in [4.69, 9.17) is 4.74 Å². The normalized spacial score (nSPS) is 20.1. The van der Waals surface area contributed by atoms with Crippen LogP contribution < -0.4 is 4.74 Å². The Hall–Kier alpha value is -1.52. The van der Waals surface area contributed by atoms with E-state index in [9.17, 15) is 17.6 Å². The van der Waals surface area contributed by atoms with E-state index < -0.39 is 18.3 Å². The zero-order valence-corrected chi connectivity index (χ0v) is 17.5. The molecule has 1 aliphatic carbocycles. The highest BCUT2D eigenvalue weighted by molar-refractivity contribution is 5.33. The topological polar surface area (TPSA) is 9.23 Å². The van der Waals surface area contributed by atoms with Crippen LogP contribution in [0.3, 0.4) is 0 Å². The van der Waals surface area contributed by atoms with Crippen LogP contribution in [0.1, 0.15) is 89.0 Å². The molecule has 0 saturated heterocycles. The Balaban J connectivity index is 1.82. The van der Waals surface area contributed by atoms with Gasteiger partial charge in [0, 0.05) is 6.42 Å². The average molecular weight is 415 g/mol. The quantitative estimate of drug-likeness (QED) is 0.247. The number of alkyl halides is 1. The first-order valence-electron chi connectivity index (χ1n) is 11.1. The highest BCUT2D eigenvalue weighted by atomic mass is 19.2. The summed E-state index contributed by atoms with van der Waals surface area (Å²) in [6, 6.07) is 3.22. The summed E-state index contributed by atoms with van der Waals surface area (Å²) in [5.74, 6) is -1.58. The average Bonchev–Trinajstić information content (AvgIpc) is 2.72. The number of ether oxygens (including phenoxy) is 1. The predicted molar refractivity (Wildman–Crippen MR) is 110 cm³/mol. The van der Waals surface area contributed by atoms with Gasteiger partial charge in [0.05, 0.1) is 19.1 Å². The lowest BCUT2D eigenvalue weighted by Crippen LogP contribution is -2.15. The van der Waals surface area contributed by atoms with Crippen molar-refractivity contribution in [2.45, 2.75) is 83.5 Å². The summed E-state index contributed by atoms with van der Waals surface area (Å²) in [4.78, 5) is 0. The lowest BCUT2D eigenvalue weighted by atomic mass is 9.77. The van der Waals surface area contributed by atoms with E-state index in [0.29, 0.717) is 24.5 Å². The van der Waals surface area contributed by atoms with Gasteiger partial charge in [0.2, 0.25) is 5.82 Å². The maximum absolute atomic E-state index is 14.6. The molecule has 5 heteroatoms. The first-order chi connectivity index (χ1) is 14.1. The molecule has 0 atom stereocenters. The summed E-state index contributed by atoms with van der Waals surface area (Å²) < 4.78 is 59.7. The number of unbranched alkanes of at least 4 members (excludes halogenated alkanes) is 3. The van der Waals surface area contributed by atoms with Crippen LogP contribution in [0.2, 0.25) is 0 Å². The molecule has 29 heavy (non-hydrogen) atoms. The molecule has 1 aromatic rings. The number of hydrogen-bond acceptors (Lipinski definition) is 1. The molecule has 0 spiro atoms. The van der Waals surface area contributed by atoms with Crippen molar-refractivity contribution in [3.8, 4) is 5.75 Å². The lowest BCUT2D eigenvalue weighted by molar-refractivity contribution is 0.280. The zero-order chi connectivity index (χ0) is 21.1. The Morgan fingerprint density at radius 3 is 2.52 bits per heavy atom. The summed E-state index contributed by atoms with van der Waals surface area (Å²) in [6.45, 7) is 1.85. The standard InChI is InChI=1S/C24H34F4O/c1-2-3-4-5-17-29-22-14-13-21(23(27)24(22)28)19-11-9-18(10-12-19)7-6-8-20(26)15-16-25/h8,13-14,18-19H,2-7,9-12,15-17H2,1H3. The molecule has 2 rings (SSSR count). The Kier molecular flexibility index (Phi) is 10.6. The molecular weight excluding hydrogens is 380 g/mol. The van der Waals surface area contributed by atoms with Crippen LogP contribution in [0.4, 0.5) is 17.6 Å². The number of benzene rings is 1. The van der Waals surface area contributed by atoms with Gasteiger partial charge >= 0.3 is 0 Å². The van der Waals surface area contributed by atoms with Crippen LogP contribution in [-0.4, -0.2) is 13.3 Å². The molecule has 0 bridgehead atoms. The fourth-order valence-corrected chi connectivity index (χ4v) is 4.11. The first kappa shape index (κ1) is 23.8. The molecule has 0 amide bonds. The molecule has 1 saturated carbocycles. The van der Waals surface area contributed by atoms with Crippen LogP contribution in [0.5, 0.6) is 5.75 Å². The summed E-state index contributed by atoms with van der Waals surface area (Å²) in [5, 5.41) is 0. The van der Waals surface area contributed by atoms with Crippen molar-refractivity contribution in [1.82, 2.24) is 0 Å². The third-order valence-corrected chi connectivity index (χ3v) is 5.89. The summed E-state index contributed by atoms with van der Waals surface area (Å²) in [7, 11) is 0. The molecule has 0 unspecified atom stereocenters. The summed E-state index contributed by atoms with van der Waals surface area (Å²) in [6.07, 6.45) is 10.3. The highest BCUT2D eigenvalue weighted by Gasteiger charge is 2.26. The van der Waals surface area contributed by atoms with Crippen molar-refractivity contribution in [1.29, 1.82) is 0 Å². The molecule has 0 heterocycles. The molecule has 164 valence electrons. The molecule has 1 fully saturated rings. The van der Waals surface area contributed by atoms with E-state index in [-0.39, 0.29) is 23.9 Å². The van der Waals surface area contributed by atoms with E-state index in [1.54, 1.807) is 12.1 Å². The van der Waals surface area contributed by atoms with E-state index in [0.717, 1.165) is 57.8 Å².